The molecule has 0 N–H and O–H groups in total. The quantitative estimate of drug-likeness (QED) is 0.177. The number of hydrogen-bond donors (Lipinski definition) is 0. The summed E-state index contributed by atoms with van der Waals surface area (Å²) in [7, 11) is 0. The molecule has 0 bridgehead atoms. The molecule has 0 amide bonds. The minimum absolute atomic E-state index is 0.681. The van der Waals surface area contributed by atoms with Crippen LogP contribution in [0.5, 0.6) is 0 Å². The topological polar surface area (TPSA) is 48.8 Å². The van der Waals surface area contributed by atoms with E-state index in [-0.39, 0.29) is 0 Å². The van der Waals surface area contributed by atoms with Crippen LogP contribution < -0.4 is 0 Å². The zero-order valence-electron chi connectivity index (χ0n) is 30.7. The van der Waals surface area contributed by atoms with Crippen molar-refractivity contribution in [2.24, 2.45) is 0 Å². The van der Waals surface area contributed by atoms with E-state index in [9.17, 15) is 0 Å². The summed E-state index contributed by atoms with van der Waals surface area (Å²) in [5.74, 6) is 0.681. The SMILES string of the molecule is c1ccc(-c2cc(-c3cccc4oc5ccc(-n6c7ccccc7c7ccc8c9ccccc9n(-c9ccccc9)c8c76)cc5c34)nc(-c3ccccc3)n2)cc1. The summed E-state index contributed by atoms with van der Waals surface area (Å²) in [4.78, 5) is 10.3. The number of furan rings is 1. The molecule has 5 heteroatoms. The minimum Gasteiger partial charge on any atom is -0.456 e. The molecule has 0 unspecified atom stereocenters. The second-order valence-electron chi connectivity index (χ2n) is 14.6. The van der Waals surface area contributed by atoms with Crippen LogP contribution in [-0.4, -0.2) is 19.1 Å². The average Bonchev–Trinajstić information content (AvgIpc) is 3.95. The van der Waals surface area contributed by atoms with Crippen LogP contribution in [0.15, 0.2) is 199 Å². The van der Waals surface area contributed by atoms with Gasteiger partial charge in [0.2, 0.25) is 0 Å². The third-order valence-corrected chi connectivity index (χ3v) is 11.3. The maximum absolute atomic E-state index is 6.62. The standard InChI is InChI=1S/C52H32N4O/c1-4-15-33(16-5-1)43-32-44(54-52(53-43)34-17-6-2-7-18-34)41-23-14-26-48-49(41)42-31-36(27-30-47(42)57-48)56-46-25-13-11-22-38(46)40-29-28-39-37-21-10-12-24-45(37)55(50(39)51(40)56)35-19-8-3-9-20-35/h1-32H. The maximum Gasteiger partial charge on any atom is 0.160 e. The number of benzene rings is 8. The van der Waals surface area contributed by atoms with Gasteiger partial charge in [0.1, 0.15) is 11.2 Å². The number of para-hydroxylation sites is 3. The Morgan fingerprint density at radius 1 is 0.368 bits per heavy atom. The van der Waals surface area contributed by atoms with Crippen molar-refractivity contribution < 1.29 is 4.42 Å². The molecular formula is C52H32N4O. The van der Waals surface area contributed by atoms with Crippen LogP contribution in [0.1, 0.15) is 0 Å². The molecule has 0 fully saturated rings. The van der Waals surface area contributed by atoms with E-state index in [0.29, 0.717) is 5.82 Å². The summed E-state index contributed by atoms with van der Waals surface area (Å²) in [5, 5.41) is 6.91. The predicted molar refractivity (Wildman–Crippen MR) is 234 cm³/mol. The molecule has 8 aromatic carbocycles. The van der Waals surface area contributed by atoms with Crippen LogP contribution in [-0.2, 0) is 0 Å². The van der Waals surface area contributed by atoms with Crippen LogP contribution in [0.4, 0.5) is 0 Å². The summed E-state index contributed by atoms with van der Waals surface area (Å²) in [6.07, 6.45) is 0. The van der Waals surface area contributed by atoms with Crippen molar-refractivity contribution in [1.29, 1.82) is 0 Å². The van der Waals surface area contributed by atoms with E-state index in [1.54, 1.807) is 0 Å². The zero-order valence-corrected chi connectivity index (χ0v) is 30.7. The lowest BCUT2D eigenvalue weighted by atomic mass is 10.0. The molecule has 0 atom stereocenters. The Bertz CT molecular complexity index is 3450. The Balaban J connectivity index is 1.16. The van der Waals surface area contributed by atoms with Crippen LogP contribution in [0.2, 0.25) is 0 Å². The normalized spacial score (nSPS) is 11.9. The zero-order chi connectivity index (χ0) is 37.5. The number of rotatable bonds is 5. The molecule has 5 nitrogen and oxygen atoms in total. The van der Waals surface area contributed by atoms with Crippen LogP contribution in [0.25, 0.3) is 111 Å². The van der Waals surface area contributed by atoms with Gasteiger partial charge in [-0.05, 0) is 54.6 Å². The number of hydrogen-bond acceptors (Lipinski definition) is 3. The van der Waals surface area contributed by atoms with E-state index in [2.05, 4.69) is 167 Å². The van der Waals surface area contributed by atoms with Gasteiger partial charge in [-0.15, -0.1) is 0 Å². The van der Waals surface area contributed by atoms with Crippen molar-refractivity contribution in [2.45, 2.75) is 0 Å². The second kappa shape index (κ2) is 12.4. The summed E-state index contributed by atoms with van der Waals surface area (Å²) >= 11 is 0. The van der Waals surface area contributed by atoms with Gasteiger partial charge in [-0.2, -0.15) is 0 Å². The van der Waals surface area contributed by atoms with Gasteiger partial charge in [-0.25, -0.2) is 9.97 Å². The van der Waals surface area contributed by atoms with Gasteiger partial charge < -0.3 is 13.6 Å². The first-order valence-electron chi connectivity index (χ1n) is 19.3. The van der Waals surface area contributed by atoms with Gasteiger partial charge in [0.15, 0.2) is 5.82 Å². The largest absolute Gasteiger partial charge is 0.456 e. The van der Waals surface area contributed by atoms with E-state index >= 15 is 0 Å². The van der Waals surface area contributed by atoms with Crippen LogP contribution in [0.3, 0.4) is 0 Å². The fourth-order valence-electron chi connectivity index (χ4n) is 8.84. The molecule has 0 spiro atoms. The molecule has 0 saturated heterocycles. The van der Waals surface area contributed by atoms with Gasteiger partial charge in [-0.3, -0.25) is 0 Å². The molecule has 4 heterocycles. The number of aromatic nitrogens is 4. The van der Waals surface area contributed by atoms with Crippen molar-refractivity contribution in [3.05, 3.63) is 194 Å². The first-order chi connectivity index (χ1) is 28.3. The third-order valence-electron chi connectivity index (χ3n) is 11.3. The van der Waals surface area contributed by atoms with Gasteiger partial charge in [0, 0.05) is 60.4 Å². The summed E-state index contributed by atoms with van der Waals surface area (Å²) in [6.45, 7) is 0. The van der Waals surface area contributed by atoms with Gasteiger partial charge in [-0.1, -0.05) is 140 Å². The Kier molecular flexibility index (Phi) is 6.86. The molecule has 0 aliphatic rings. The molecule has 0 aliphatic heterocycles. The molecule has 57 heavy (non-hydrogen) atoms. The Morgan fingerprint density at radius 3 is 1.63 bits per heavy atom. The molecular weight excluding hydrogens is 697 g/mol. The molecule has 4 aromatic heterocycles. The monoisotopic (exact) mass is 728 g/mol. The smallest absolute Gasteiger partial charge is 0.160 e. The predicted octanol–water partition coefficient (Wildman–Crippen LogP) is 13.6. The highest BCUT2D eigenvalue weighted by atomic mass is 16.3. The molecule has 266 valence electrons. The average molecular weight is 729 g/mol. The molecule has 0 saturated carbocycles. The Hall–Kier alpha value is -7.76. The fraction of sp³-hybridized carbons (Fsp3) is 0. The Labute approximate surface area is 327 Å². The highest BCUT2D eigenvalue weighted by Gasteiger charge is 2.22. The number of fused-ring (bicyclic) bond motifs is 10. The van der Waals surface area contributed by atoms with Gasteiger partial charge >= 0.3 is 0 Å². The lowest BCUT2D eigenvalue weighted by Gasteiger charge is -2.13. The highest BCUT2D eigenvalue weighted by Crippen LogP contribution is 2.43. The summed E-state index contributed by atoms with van der Waals surface area (Å²) < 4.78 is 11.5. The summed E-state index contributed by atoms with van der Waals surface area (Å²) in [5.41, 5.74) is 13.2. The molecule has 12 aromatic rings. The van der Waals surface area contributed by atoms with Crippen molar-refractivity contribution in [3.8, 4) is 45.3 Å². The minimum atomic E-state index is 0.681. The fourth-order valence-corrected chi connectivity index (χ4v) is 8.84. The summed E-state index contributed by atoms with van der Waals surface area (Å²) in [6, 6.07) is 68.3. The van der Waals surface area contributed by atoms with E-state index in [0.717, 1.165) is 72.4 Å². The van der Waals surface area contributed by atoms with Crippen molar-refractivity contribution in [1.82, 2.24) is 19.1 Å². The van der Waals surface area contributed by atoms with E-state index in [1.165, 1.54) is 32.6 Å². The van der Waals surface area contributed by atoms with Crippen molar-refractivity contribution in [2.75, 3.05) is 0 Å². The van der Waals surface area contributed by atoms with Crippen LogP contribution in [0, 0.1) is 0 Å². The first kappa shape index (κ1) is 31.6. The number of nitrogens with zero attached hydrogens (tertiary/aromatic N) is 4. The van der Waals surface area contributed by atoms with E-state index in [4.69, 9.17) is 14.4 Å². The van der Waals surface area contributed by atoms with E-state index in [1.807, 2.05) is 36.4 Å². The first-order valence-corrected chi connectivity index (χ1v) is 19.3. The maximum atomic E-state index is 6.62. The molecule has 12 rings (SSSR count). The second-order valence-corrected chi connectivity index (χ2v) is 14.6. The van der Waals surface area contributed by atoms with E-state index < -0.39 is 0 Å². The van der Waals surface area contributed by atoms with Crippen molar-refractivity contribution in [3.63, 3.8) is 0 Å². The third kappa shape index (κ3) is 4.82. The van der Waals surface area contributed by atoms with Gasteiger partial charge in [0.05, 0.1) is 33.5 Å². The molecule has 0 aliphatic carbocycles. The van der Waals surface area contributed by atoms with Gasteiger partial charge in [0.25, 0.3) is 0 Å². The van der Waals surface area contributed by atoms with Crippen molar-refractivity contribution >= 4 is 65.6 Å². The lowest BCUT2D eigenvalue weighted by Crippen LogP contribution is -1.98. The van der Waals surface area contributed by atoms with Crippen LogP contribution >= 0.6 is 0 Å². The Morgan fingerprint density at radius 2 is 0.947 bits per heavy atom. The molecule has 0 radical (unpaired) electrons. The highest BCUT2D eigenvalue weighted by molar-refractivity contribution is 6.24. The lowest BCUT2D eigenvalue weighted by molar-refractivity contribution is 0.669.